The molecule has 19 heavy (non-hydrogen) atoms. The Balaban J connectivity index is 2.13. The van der Waals surface area contributed by atoms with Crippen LogP contribution in [0.1, 0.15) is 30.7 Å². The third-order valence-electron chi connectivity index (χ3n) is 3.76. The van der Waals surface area contributed by atoms with Crippen molar-refractivity contribution in [3.63, 3.8) is 0 Å². The van der Waals surface area contributed by atoms with Gasteiger partial charge >= 0.3 is 0 Å². The van der Waals surface area contributed by atoms with Gasteiger partial charge in [-0.05, 0) is 25.3 Å². The minimum Gasteiger partial charge on any atom is -0.377 e. The van der Waals surface area contributed by atoms with Gasteiger partial charge < -0.3 is 14.5 Å². The average Bonchev–Trinajstić information content (AvgIpc) is 3.05. The molecular formula is C15H20N4. The highest BCUT2D eigenvalue weighted by molar-refractivity contribution is 5.78. The number of nitrogens with zero attached hydrogens (tertiary/aromatic N) is 3. The number of aromatic amines is 1. The average molecular weight is 256 g/mol. The van der Waals surface area contributed by atoms with E-state index in [0.29, 0.717) is 0 Å². The van der Waals surface area contributed by atoms with Crippen molar-refractivity contribution in [2.75, 3.05) is 13.6 Å². The maximum atomic E-state index is 4.46. The minimum absolute atomic E-state index is 0.968. The molecule has 0 aliphatic carbocycles. The maximum Gasteiger partial charge on any atom is 0.139 e. The fraction of sp³-hybridized carbons (Fsp3) is 0.400. The third kappa shape index (κ3) is 2.30. The van der Waals surface area contributed by atoms with Crippen LogP contribution in [0.5, 0.6) is 0 Å². The molecule has 1 aliphatic rings. The van der Waals surface area contributed by atoms with Gasteiger partial charge in [0.25, 0.3) is 0 Å². The van der Waals surface area contributed by atoms with Crippen LogP contribution in [-0.4, -0.2) is 33.0 Å². The number of allylic oxidation sites excluding steroid dienone is 1. The highest BCUT2D eigenvalue weighted by Crippen LogP contribution is 2.31. The lowest BCUT2D eigenvalue weighted by Crippen LogP contribution is -2.25. The summed E-state index contributed by atoms with van der Waals surface area (Å²) < 4.78 is 2.08. The van der Waals surface area contributed by atoms with Crippen molar-refractivity contribution in [1.82, 2.24) is 19.4 Å². The number of rotatable bonds is 2. The lowest BCUT2D eigenvalue weighted by molar-refractivity contribution is 0.347. The molecule has 0 unspecified atom stereocenters. The monoisotopic (exact) mass is 256 g/mol. The van der Waals surface area contributed by atoms with Gasteiger partial charge in [-0.3, -0.25) is 0 Å². The van der Waals surface area contributed by atoms with Crippen LogP contribution in [-0.2, 0) is 7.05 Å². The lowest BCUT2D eigenvalue weighted by atomic mass is 9.98. The van der Waals surface area contributed by atoms with Crippen LogP contribution in [0, 0.1) is 0 Å². The topological polar surface area (TPSA) is 36.9 Å². The first-order valence-electron chi connectivity index (χ1n) is 6.82. The number of hydrogen-bond donors (Lipinski definition) is 1. The van der Waals surface area contributed by atoms with Gasteiger partial charge in [0.15, 0.2) is 0 Å². The second-order valence-corrected chi connectivity index (χ2v) is 5.20. The minimum atomic E-state index is 0.968. The molecule has 2 aromatic rings. The van der Waals surface area contributed by atoms with Gasteiger partial charge in [-0.1, -0.05) is 0 Å². The van der Waals surface area contributed by atoms with Crippen molar-refractivity contribution in [3.8, 4) is 0 Å². The van der Waals surface area contributed by atoms with Crippen LogP contribution in [0.15, 0.2) is 36.6 Å². The Morgan fingerprint density at radius 3 is 2.84 bits per heavy atom. The van der Waals surface area contributed by atoms with Crippen molar-refractivity contribution < 1.29 is 0 Å². The van der Waals surface area contributed by atoms with E-state index in [4.69, 9.17) is 0 Å². The quantitative estimate of drug-likeness (QED) is 0.896. The van der Waals surface area contributed by atoms with E-state index in [0.717, 1.165) is 18.8 Å². The first kappa shape index (κ1) is 12.1. The van der Waals surface area contributed by atoms with Crippen molar-refractivity contribution in [1.29, 1.82) is 0 Å². The number of piperidine rings is 1. The van der Waals surface area contributed by atoms with Gasteiger partial charge in [0, 0.05) is 62.3 Å². The summed E-state index contributed by atoms with van der Waals surface area (Å²) in [6.45, 7) is 1.13. The Morgan fingerprint density at radius 2 is 2.21 bits per heavy atom. The highest BCUT2D eigenvalue weighted by Gasteiger charge is 2.20. The largest absolute Gasteiger partial charge is 0.377 e. The van der Waals surface area contributed by atoms with Crippen LogP contribution in [0.2, 0.25) is 0 Å². The van der Waals surface area contributed by atoms with Crippen LogP contribution < -0.4 is 0 Å². The molecule has 1 aliphatic heterocycles. The van der Waals surface area contributed by atoms with Crippen LogP contribution in [0.4, 0.5) is 0 Å². The lowest BCUT2D eigenvalue weighted by Gasteiger charge is -2.29. The SMILES string of the molecule is CN1CCCC/C1=C(\c1ccn(C)c1)c1ncc[nH]1. The van der Waals surface area contributed by atoms with E-state index in [1.54, 1.807) is 0 Å². The number of likely N-dealkylation sites (tertiary alicyclic amines) is 1. The number of aryl methyl sites for hydroxylation is 1. The second-order valence-electron chi connectivity index (χ2n) is 5.20. The zero-order chi connectivity index (χ0) is 13.2. The van der Waals surface area contributed by atoms with E-state index in [1.165, 1.54) is 29.7 Å². The number of aromatic nitrogens is 3. The summed E-state index contributed by atoms with van der Waals surface area (Å²) in [5.41, 5.74) is 3.88. The molecule has 3 rings (SSSR count). The Morgan fingerprint density at radius 1 is 1.32 bits per heavy atom. The molecule has 1 N–H and O–H groups in total. The van der Waals surface area contributed by atoms with Crippen molar-refractivity contribution >= 4 is 5.57 Å². The van der Waals surface area contributed by atoms with Gasteiger partial charge in [0.05, 0.1) is 0 Å². The number of nitrogens with one attached hydrogen (secondary N) is 1. The zero-order valence-electron chi connectivity index (χ0n) is 11.6. The molecule has 4 heteroatoms. The standard InChI is InChI=1S/C15H20N4/c1-18-10-6-12(11-18)14(15-16-7-8-17-15)13-5-3-4-9-19(13)2/h6-8,10-11H,3-5,9H2,1-2H3,(H,16,17)/b14-13-. The van der Waals surface area contributed by atoms with Gasteiger partial charge in [-0.25, -0.2) is 4.98 Å². The number of imidazole rings is 1. The molecule has 0 amide bonds. The maximum absolute atomic E-state index is 4.46. The summed E-state index contributed by atoms with van der Waals surface area (Å²) in [5.74, 6) is 0.968. The summed E-state index contributed by atoms with van der Waals surface area (Å²) in [7, 11) is 4.24. The van der Waals surface area contributed by atoms with Gasteiger partial charge in [0.2, 0.25) is 0 Å². The molecule has 0 bridgehead atoms. The molecule has 0 saturated carbocycles. The first-order chi connectivity index (χ1) is 9.25. The predicted molar refractivity (Wildman–Crippen MR) is 76.5 cm³/mol. The van der Waals surface area contributed by atoms with Crippen LogP contribution in [0.3, 0.4) is 0 Å². The van der Waals surface area contributed by atoms with Gasteiger partial charge in [0.1, 0.15) is 5.82 Å². The van der Waals surface area contributed by atoms with E-state index >= 15 is 0 Å². The molecule has 1 fully saturated rings. The van der Waals surface area contributed by atoms with Crippen LogP contribution >= 0.6 is 0 Å². The van der Waals surface area contributed by atoms with Crippen LogP contribution in [0.25, 0.3) is 5.57 Å². The molecular weight excluding hydrogens is 236 g/mol. The molecule has 100 valence electrons. The zero-order valence-corrected chi connectivity index (χ0v) is 11.6. The fourth-order valence-electron chi connectivity index (χ4n) is 2.78. The normalized spacial score (nSPS) is 18.7. The molecule has 0 spiro atoms. The molecule has 1 saturated heterocycles. The molecule has 4 nitrogen and oxygen atoms in total. The number of hydrogen-bond acceptors (Lipinski definition) is 2. The highest BCUT2D eigenvalue weighted by atomic mass is 15.1. The first-order valence-corrected chi connectivity index (χ1v) is 6.82. The van der Waals surface area contributed by atoms with Crippen molar-refractivity contribution in [2.45, 2.75) is 19.3 Å². The van der Waals surface area contributed by atoms with E-state index in [2.05, 4.69) is 52.0 Å². The molecule has 3 heterocycles. The molecule has 2 aromatic heterocycles. The number of H-pyrrole nitrogens is 1. The second kappa shape index (κ2) is 4.96. The summed E-state index contributed by atoms with van der Waals surface area (Å²) >= 11 is 0. The van der Waals surface area contributed by atoms with Crippen molar-refractivity contribution in [2.24, 2.45) is 7.05 Å². The Kier molecular flexibility index (Phi) is 3.15. The summed E-state index contributed by atoms with van der Waals surface area (Å²) in [5, 5.41) is 0. The summed E-state index contributed by atoms with van der Waals surface area (Å²) in [6.07, 6.45) is 11.6. The van der Waals surface area contributed by atoms with Crippen molar-refractivity contribution in [3.05, 3.63) is 47.9 Å². The molecule has 0 aromatic carbocycles. The fourth-order valence-corrected chi connectivity index (χ4v) is 2.78. The Labute approximate surface area is 113 Å². The molecule has 0 radical (unpaired) electrons. The predicted octanol–water partition coefficient (Wildman–Crippen LogP) is 2.62. The summed E-state index contributed by atoms with van der Waals surface area (Å²) in [4.78, 5) is 10.1. The van der Waals surface area contributed by atoms with Gasteiger partial charge in [-0.15, -0.1) is 0 Å². The van der Waals surface area contributed by atoms with Gasteiger partial charge in [-0.2, -0.15) is 0 Å². The van der Waals surface area contributed by atoms with E-state index < -0.39 is 0 Å². The third-order valence-corrected chi connectivity index (χ3v) is 3.76. The Hall–Kier alpha value is -1.97. The summed E-state index contributed by atoms with van der Waals surface area (Å²) in [6, 6.07) is 2.16. The van der Waals surface area contributed by atoms with E-state index in [9.17, 15) is 0 Å². The molecule has 0 atom stereocenters. The Bertz CT molecular complexity index is 577. The van der Waals surface area contributed by atoms with E-state index in [1.807, 2.05) is 12.4 Å². The smallest absolute Gasteiger partial charge is 0.139 e. The van der Waals surface area contributed by atoms with E-state index in [-0.39, 0.29) is 0 Å².